The van der Waals surface area contributed by atoms with Crippen LogP contribution in [0.2, 0.25) is 0 Å². The Morgan fingerprint density at radius 2 is 2.09 bits per heavy atom. The fraction of sp³-hybridized carbons (Fsp3) is 0.600. The minimum Gasteiger partial charge on any atom is -0.343 e. The lowest BCUT2D eigenvalue weighted by atomic mass is 9.91. The van der Waals surface area contributed by atoms with Crippen molar-refractivity contribution in [2.75, 3.05) is 39.5 Å². The maximum absolute atomic E-state index is 12.9. The van der Waals surface area contributed by atoms with Crippen molar-refractivity contribution in [1.29, 1.82) is 0 Å². The summed E-state index contributed by atoms with van der Waals surface area (Å²) in [6.07, 6.45) is 5.24. The molecule has 2 fully saturated rings. The highest BCUT2D eigenvalue weighted by Gasteiger charge is 2.53. The second kappa shape index (κ2) is 5.85. The maximum atomic E-state index is 12.9. The van der Waals surface area contributed by atoms with Gasteiger partial charge in [-0.1, -0.05) is 6.07 Å². The van der Waals surface area contributed by atoms with Crippen LogP contribution in [0, 0.1) is 0 Å². The first-order valence-corrected chi connectivity index (χ1v) is 9.52. The summed E-state index contributed by atoms with van der Waals surface area (Å²) in [4.78, 5) is 20.8. The molecule has 3 heterocycles. The van der Waals surface area contributed by atoms with E-state index in [-0.39, 0.29) is 12.5 Å². The Labute approximate surface area is 136 Å². The molecule has 0 bridgehead atoms. The van der Waals surface area contributed by atoms with Gasteiger partial charge in [0, 0.05) is 52.2 Å². The van der Waals surface area contributed by atoms with Crippen molar-refractivity contribution in [3.8, 4) is 0 Å². The van der Waals surface area contributed by atoms with E-state index in [2.05, 4.69) is 9.88 Å². The second-order valence-electron chi connectivity index (χ2n) is 6.39. The molecule has 0 radical (unpaired) electrons. The monoisotopic (exact) mass is 338 g/mol. The first-order chi connectivity index (χ1) is 10.8. The van der Waals surface area contributed by atoms with Gasteiger partial charge < -0.3 is 4.90 Å². The van der Waals surface area contributed by atoms with E-state index < -0.39 is 15.6 Å². The first-order valence-electron chi connectivity index (χ1n) is 7.67. The fourth-order valence-corrected chi connectivity index (χ4v) is 4.37. The number of likely N-dealkylation sites (N-methyl/N-ethyl adjacent to an activating group) is 1. The number of rotatable bonds is 3. The van der Waals surface area contributed by atoms with Crippen molar-refractivity contribution < 1.29 is 13.2 Å². The Morgan fingerprint density at radius 1 is 1.30 bits per heavy atom. The van der Waals surface area contributed by atoms with E-state index in [0.717, 1.165) is 12.1 Å². The average molecular weight is 338 g/mol. The van der Waals surface area contributed by atoms with Crippen molar-refractivity contribution in [1.82, 2.24) is 19.1 Å². The molecule has 2 aliphatic heterocycles. The van der Waals surface area contributed by atoms with Gasteiger partial charge in [0.05, 0.1) is 6.26 Å². The molecule has 1 spiro atoms. The van der Waals surface area contributed by atoms with Crippen LogP contribution in [-0.4, -0.2) is 78.4 Å². The van der Waals surface area contributed by atoms with E-state index in [1.807, 2.05) is 12.1 Å². The standard InChI is InChI=1S/C15H22N4O3S/c1-17-8-9-18(11-13-4-3-6-16-10-13)15(14(17)20)5-7-19(12-15)23(2,21)22/h3-4,6,10H,5,7-9,11-12H2,1-2H3/t15-/m1/s1. The zero-order chi connectivity index (χ0) is 16.7. The summed E-state index contributed by atoms with van der Waals surface area (Å²) >= 11 is 0. The SMILES string of the molecule is CN1CCN(Cc2cccnc2)[C@@]2(CCN(S(C)(=O)=O)C2)C1=O. The summed E-state index contributed by atoms with van der Waals surface area (Å²) in [5.74, 6) is 0.0128. The van der Waals surface area contributed by atoms with Gasteiger partial charge in [0.15, 0.2) is 0 Å². The van der Waals surface area contributed by atoms with Crippen LogP contribution in [0.3, 0.4) is 0 Å². The molecule has 23 heavy (non-hydrogen) atoms. The topological polar surface area (TPSA) is 73.8 Å². The van der Waals surface area contributed by atoms with Gasteiger partial charge in [-0.3, -0.25) is 14.7 Å². The molecule has 0 N–H and O–H groups in total. The number of carbonyl (C=O) groups excluding carboxylic acids is 1. The molecule has 1 atom stereocenters. The van der Waals surface area contributed by atoms with Crippen molar-refractivity contribution in [2.24, 2.45) is 0 Å². The van der Waals surface area contributed by atoms with Crippen molar-refractivity contribution in [3.05, 3.63) is 30.1 Å². The predicted octanol–water partition coefficient (Wildman–Crippen LogP) is -0.240. The van der Waals surface area contributed by atoms with E-state index in [0.29, 0.717) is 26.1 Å². The van der Waals surface area contributed by atoms with Crippen LogP contribution in [0.4, 0.5) is 0 Å². The molecule has 0 saturated carbocycles. The van der Waals surface area contributed by atoms with Gasteiger partial charge in [-0.05, 0) is 18.1 Å². The lowest BCUT2D eigenvalue weighted by molar-refractivity contribution is -0.149. The maximum Gasteiger partial charge on any atom is 0.244 e. The number of aromatic nitrogens is 1. The third-order valence-corrected chi connectivity index (χ3v) is 6.08. The van der Waals surface area contributed by atoms with Crippen molar-refractivity contribution in [3.63, 3.8) is 0 Å². The minimum absolute atomic E-state index is 0.0128. The van der Waals surface area contributed by atoms with E-state index in [1.54, 1.807) is 24.3 Å². The molecule has 0 aromatic carbocycles. The smallest absolute Gasteiger partial charge is 0.244 e. The molecule has 7 nitrogen and oxygen atoms in total. The number of pyridine rings is 1. The Hall–Kier alpha value is -1.51. The molecule has 1 aromatic rings. The molecular formula is C15H22N4O3S. The summed E-state index contributed by atoms with van der Waals surface area (Å²) in [5.41, 5.74) is 0.272. The van der Waals surface area contributed by atoms with Gasteiger partial charge in [0.25, 0.3) is 0 Å². The summed E-state index contributed by atoms with van der Waals surface area (Å²) in [6.45, 7) is 2.61. The van der Waals surface area contributed by atoms with Crippen LogP contribution in [0.25, 0.3) is 0 Å². The van der Waals surface area contributed by atoms with Crippen LogP contribution in [-0.2, 0) is 21.4 Å². The fourth-order valence-electron chi connectivity index (χ4n) is 3.49. The lowest BCUT2D eigenvalue weighted by Gasteiger charge is -2.46. The summed E-state index contributed by atoms with van der Waals surface area (Å²) in [7, 11) is -1.51. The Bertz CT molecular complexity index is 694. The van der Waals surface area contributed by atoms with Crippen molar-refractivity contribution >= 4 is 15.9 Å². The summed E-state index contributed by atoms with van der Waals surface area (Å²) < 4.78 is 25.2. The van der Waals surface area contributed by atoms with Crippen LogP contribution < -0.4 is 0 Å². The van der Waals surface area contributed by atoms with E-state index in [1.165, 1.54) is 10.6 Å². The summed E-state index contributed by atoms with van der Waals surface area (Å²) in [5, 5.41) is 0. The lowest BCUT2D eigenvalue weighted by Crippen LogP contribution is -2.65. The van der Waals surface area contributed by atoms with Crippen LogP contribution >= 0.6 is 0 Å². The molecule has 2 saturated heterocycles. The zero-order valence-electron chi connectivity index (χ0n) is 13.5. The molecule has 0 aliphatic carbocycles. The molecule has 1 aromatic heterocycles. The van der Waals surface area contributed by atoms with Crippen molar-refractivity contribution in [2.45, 2.75) is 18.5 Å². The Kier molecular flexibility index (Phi) is 4.16. The molecule has 3 rings (SSSR count). The zero-order valence-corrected chi connectivity index (χ0v) is 14.3. The highest BCUT2D eigenvalue weighted by Crippen LogP contribution is 2.34. The third-order valence-electron chi connectivity index (χ3n) is 4.83. The number of carbonyl (C=O) groups is 1. The number of amides is 1. The number of sulfonamides is 1. The first kappa shape index (κ1) is 16.4. The number of hydrogen-bond donors (Lipinski definition) is 0. The predicted molar refractivity (Wildman–Crippen MR) is 86.0 cm³/mol. The van der Waals surface area contributed by atoms with Crippen LogP contribution in [0.15, 0.2) is 24.5 Å². The van der Waals surface area contributed by atoms with Gasteiger partial charge in [0.1, 0.15) is 5.54 Å². The Balaban J connectivity index is 1.90. The number of piperazine rings is 1. The number of hydrogen-bond acceptors (Lipinski definition) is 5. The highest BCUT2D eigenvalue weighted by molar-refractivity contribution is 7.88. The van der Waals surface area contributed by atoms with Gasteiger partial charge in [0.2, 0.25) is 15.9 Å². The van der Waals surface area contributed by atoms with Crippen LogP contribution in [0.5, 0.6) is 0 Å². The third kappa shape index (κ3) is 2.98. The molecule has 2 aliphatic rings. The quantitative estimate of drug-likeness (QED) is 0.760. The number of nitrogens with zero attached hydrogens (tertiary/aromatic N) is 4. The second-order valence-corrected chi connectivity index (χ2v) is 8.37. The minimum atomic E-state index is -3.29. The molecule has 0 unspecified atom stereocenters. The van der Waals surface area contributed by atoms with E-state index in [9.17, 15) is 13.2 Å². The normalized spacial score (nSPS) is 27.0. The highest BCUT2D eigenvalue weighted by atomic mass is 32.2. The molecule has 126 valence electrons. The molecule has 8 heteroatoms. The Morgan fingerprint density at radius 3 is 2.70 bits per heavy atom. The largest absolute Gasteiger partial charge is 0.343 e. The molecular weight excluding hydrogens is 316 g/mol. The van der Waals surface area contributed by atoms with Gasteiger partial charge in [-0.15, -0.1) is 0 Å². The van der Waals surface area contributed by atoms with E-state index >= 15 is 0 Å². The van der Waals surface area contributed by atoms with Gasteiger partial charge >= 0.3 is 0 Å². The molecule has 1 amide bonds. The van der Waals surface area contributed by atoms with Gasteiger partial charge in [-0.25, -0.2) is 8.42 Å². The van der Waals surface area contributed by atoms with Gasteiger partial charge in [-0.2, -0.15) is 4.31 Å². The van der Waals surface area contributed by atoms with Crippen LogP contribution in [0.1, 0.15) is 12.0 Å². The summed E-state index contributed by atoms with van der Waals surface area (Å²) in [6, 6.07) is 3.85. The van der Waals surface area contributed by atoms with E-state index in [4.69, 9.17) is 0 Å². The average Bonchev–Trinajstić information content (AvgIpc) is 2.96.